The van der Waals surface area contributed by atoms with Crippen LogP contribution in [-0.4, -0.2) is 16.2 Å². The van der Waals surface area contributed by atoms with Crippen molar-refractivity contribution in [2.75, 3.05) is 6.54 Å². The fraction of sp³-hybridized carbons (Fsp3) is 0.167. The predicted octanol–water partition coefficient (Wildman–Crippen LogP) is 4.51. The second kappa shape index (κ2) is 8.21. The first kappa shape index (κ1) is 17.5. The quantitative estimate of drug-likeness (QED) is 0.511. The van der Waals surface area contributed by atoms with Gasteiger partial charge in [-0.1, -0.05) is 78.9 Å². The number of nitrogens with one attached hydrogen (secondary N) is 1. The van der Waals surface area contributed by atoms with Crippen LogP contribution in [0.1, 0.15) is 22.8 Å². The first-order valence-electron chi connectivity index (χ1n) is 9.35. The van der Waals surface area contributed by atoms with Crippen molar-refractivity contribution in [3.8, 4) is 0 Å². The fourth-order valence-corrected chi connectivity index (χ4v) is 3.51. The average Bonchev–Trinajstić information content (AvgIpc) is 3.07. The molecule has 0 amide bonds. The van der Waals surface area contributed by atoms with Crippen molar-refractivity contribution >= 4 is 10.9 Å². The predicted molar refractivity (Wildman–Crippen MR) is 111 cm³/mol. The number of hydrogen-bond donors (Lipinski definition) is 2. The van der Waals surface area contributed by atoms with Gasteiger partial charge in [-0.25, -0.2) is 0 Å². The highest BCUT2D eigenvalue weighted by Gasteiger charge is 2.10. The van der Waals surface area contributed by atoms with Crippen molar-refractivity contribution in [2.24, 2.45) is 0 Å². The number of benzene rings is 3. The molecule has 0 spiro atoms. The van der Waals surface area contributed by atoms with Crippen LogP contribution >= 0.6 is 0 Å². The van der Waals surface area contributed by atoms with Gasteiger partial charge >= 0.3 is 0 Å². The summed E-state index contributed by atoms with van der Waals surface area (Å²) in [6.45, 7) is 2.11. The minimum absolute atomic E-state index is 0.496. The molecule has 0 fully saturated rings. The van der Waals surface area contributed by atoms with Gasteiger partial charge in [0.25, 0.3) is 0 Å². The van der Waals surface area contributed by atoms with Crippen molar-refractivity contribution < 1.29 is 5.11 Å². The molecule has 1 atom stereocenters. The van der Waals surface area contributed by atoms with E-state index in [0.717, 1.165) is 18.7 Å². The van der Waals surface area contributed by atoms with E-state index >= 15 is 0 Å². The highest BCUT2D eigenvalue weighted by atomic mass is 16.3. The summed E-state index contributed by atoms with van der Waals surface area (Å²) in [5, 5.41) is 15.0. The van der Waals surface area contributed by atoms with Gasteiger partial charge in [0, 0.05) is 36.7 Å². The standard InChI is InChI=1S/C24H24N2O/c27-24(20-11-5-2-6-12-20)16-25-15-21-18-26(17-19-9-3-1-4-10-19)23-14-8-7-13-22(21)23/h1-14,18,24-25,27H,15-17H2/t24-/m0/s1. The maximum atomic E-state index is 10.3. The molecular formula is C24H24N2O. The molecule has 27 heavy (non-hydrogen) atoms. The molecule has 0 bridgehead atoms. The molecule has 4 rings (SSSR count). The van der Waals surface area contributed by atoms with Gasteiger partial charge in [-0.3, -0.25) is 0 Å². The number of aliphatic hydroxyl groups is 1. The maximum Gasteiger partial charge on any atom is 0.0914 e. The zero-order valence-electron chi connectivity index (χ0n) is 15.3. The largest absolute Gasteiger partial charge is 0.387 e. The molecule has 4 aromatic rings. The summed E-state index contributed by atoms with van der Waals surface area (Å²) in [6.07, 6.45) is 1.73. The number of fused-ring (bicyclic) bond motifs is 1. The van der Waals surface area contributed by atoms with Crippen LogP contribution in [0.5, 0.6) is 0 Å². The normalized spacial score (nSPS) is 12.3. The van der Waals surface area contributed by atoms with E-state index in [-0.39, 0.29) is 0 Å². The molecule has 0 aliphatic rings. The fourth-order valence-electron chi connectivity index (χ4n) is 3.51. The Kier molecular flexibility index (Phi) is 5.33. The third-order valence-electron chi connectivity index (χ3n) is 4.90. The van der Waals surface area contributed by atoms with Gasteiger partial charge in [0.05, 0.1) is 6.10 Å². The molecule has 1 aromatic heterocycles. The molecule has 0 saturated heterocycles. The minimum Gasteiger partial charge on any atom is -0.387 e. The third-order valence-corrected chi connectivity index (χ3v) is 4.90. The van der Waals surface area contributed by atoms with E-state index in [2.05, 4.69) is 64.6 Å². The summed E-state index contributed by atoms with van der Waals surface area (Å²) in [6, 6.07) is 28.8. The van der Waals surface area contributed by atoms with Crippen molar-refractivity contribution in [1.82, 2.24) is 9.88 Å². The maximum absolute atomic E-state index is 10.3. The summed E-state index contributed by atoms with van der Waals surface area (Å²) in [4.78, 5) is 0. The van der Waals surface area contributed by atoms with Crippen LogP contribution in [0.2, 0.25) is 0 Å². The van der Waals surface area contributed by atoms with Crippen LogP contribution in [0.25, 0.3) is 10.9 Å². The summed E-state index contributed by atoms with van der Waals surface area (Å²) in [5.41, 5.74) is 4.72. The van der Waals surface area contributed by atoms with Gasteiger partial charge in [0.2, 0.25) is 0 Å². The Balaban J connectivity index is 1.49. The van der Waals surface area contributed by atoms with E-state index in [9.17, 15) is 5.11 Å². The molecule has 1 heterocycles. The molecule has 3 nitrogen and oxygen atoms in total. The molecular weight excluding hydrogens is 332 g/mol. The Morgan fingerprint density at radius 3 is 2.26 bits per heavy atom. The summed E-state index contributed by atoms with van der Waals surface area (Å²) in [5.74, 6) is 0. The molecule has 0 radical (unpaired) electrons. The molecule has 0 unspecified atom stereocenters. The van der Waals surface area contributed by atoms with E-state index in [0.29, 0.717) is 6.54 Å². The Hall–Kier alpha value is -2.88. The number of aliphatic hydroxyl groups excluding tert-OH is 1. The third kappa shape index (κ3) is 4.11. The molecule has 136 valence electrons. The molecule has 0 saturated carbocycles. The lowest BCUT2D eigenvalue weighted by Crippen LogP contribution is -2.20. The monoisotopic (exact) mass is 356 g/mol. The Morgan fingerprint density at radius 2 is 1.48 bits per heavy atom. The number of rotatable bonds is 7. The Bertz CT molecular complexity index is 993. The van der Waals surface area contributed by atoms with Crippen molar-refractivity contribution in [3.63, 3.8) is 0 Å². The van der Waals surface area contributed by atoms with Gasteiger partial charge in [-0.05, 0) is 22.8 Å². The smallest absolute Gasteiger partial charge is 0.0914 e. The van der Waals surface area contributed by atoms with Crippen LogP contribution < -0.4 is 5.32 Å². The number of nitrogens with zero attached hydrogens (tertiary/aromatic N) is 1. The highest BCUT2D eigenvalue weighted by Crippen LogP contribution is 2.22. The van der Waals surface area contributed by atoms with Gasteiger partial charge in [-0.2, -0.15) is 0 Å². The van der Waals surface area contributed by atoms with Crippen molar-refractivity contribution in [1.29, 1.82) is 0 Å². The van der Waals surface area contributed by atoms with Gasteiger partial charge in [0.15, 0.2) is 0 Å². The molecule has 0 aliphatic heterocycles. The first-order valence-corrected chi connectivity index (χ1v) is 9.35. The molecule has 2 N–H and O–H groups in total. The zero-order valence-corrected chi connectivity index (χ0v) is 15.3. The lowest BCUT2D eigenvalue weighted by atomic mass is 10.1. The highest BCUT2D eigenvalue weighted by molar-refractivity contribution is 5.84. The topological polar surface area (TPSA) is 37.2 Å². The van der Waals surface area contributed by atoms with E-state index in [1.54, 1.807) is 0 Å². The second-order valence-electron chi connectivity index (χ2n) is 6.84. The average molecular weight is 356 g/mol. The van der Waals surface area contributed by atoms with E-state index in [1.807, 2.05) is 36.4 Å². The summed E-state index contributed by atoms with van der Waals surface area (Å²) >= 11 is 0. The number of para-hydroxylation sites is 1. The van der Waals surface area contributed by atoms with Crippen LogP contribution in [0, 0.1) is 0 Å². The van der Waals surface area contributed by atoms with E-state index in [1.165, 1.54) is 22.0 Å². The van der Waals surface area contributed by atoms with Crippen LogP contribution in [0.3, 0.4) is 0 Å². The van der Waals surface area contributed by atoms with Gasteiger partial charge in [-0.15, -0.1) is 0 Å². The molecule has 3 aromatic carbocycles. The van der Waals surface area contributed by atoms with Crippen LogP contribution in [0.15, 0.2) is 91.1 Å². The Labute approximate surface area is 159 Å². The van der Waals surface area contributed by atoms with Crippen molar-refractivity contribution in [2.45, 2.75) is 19.2 Å². The van der Waals surface area contributed by atoms with E-state index in [4.69, 9.17) is 0 Å². The summed E-state index contributed by atoms with van der Waals surface area (Å²) in [7, 11) is 0. The second-order valence-corrected chi connectivity index (χ2v) is 6.84. The lowest BCUT2D eigenvalue weighted by molar-refractivity contribution is 0.174. The van der Waals surface area contributed by atoms with E-state index < -0.39 is 6.10 Å². The molecule has 3 heteroatoms. The van der Waals surface area contributed by atoms with Crippen molar-refractivity contribution in [3.05, 3.63) is 108 Å². The molecule has 0 aliphatic carbocycles. The SMILES string of the molecule is O[C@@H](CNCc1cn(Cc2ccccc2)c2ccccc12)c1ccccc1. The Morgan fingerprint density at radius 1 is 0.815 bits per heavy atom. The lowest BCUT2D eigenvalue weighted by Gasteiger charge is -2.11. The first-order chi connectivity index (χ1) is 13.3. The number of aromatic nitrogens is 1. The minimum atomic E-state index is -0.496. The van der Waals surface area contributed by atoms with Gasteiger partial charge < -0.3 is 15.0 Å². The number of hydrogen-bond acceptors (Lipinski definition) is 2. The van der Waals surface area contributed by atoms with Crippen LogP contribution in [0.4, 0.5) is 0 Å². The zero-order chi connectivity index (χ0) is 18.5. The van der Waals surface area contributed by atoms with Crippen LogP contribution in [-0.2, 0) is 13.1 Å². The summed E-state index contributed by atoms with van der Waals surface area (Å²) < 4.78 is 2.30. The van der Waals surface area contributed by atoms with Gasteiger partial charge in [0.1, 0.15) is 0 Å².